The van der Waals surface area contributed by atoms with Crippen molar-refractivity contribution in [3.8, 4) is 5.75 Å². The van der Waals surface area contributed by atoms with Gasteiger partial charge in [-0.1, -0.05) is 28.1 Å². The van der Waals surface area contributed by atoms with E-state index in [0.717, 1.165) is 0 Å². The summed E-state index contributed by atoms with van der Waals surface area (Å²) in [6, 6.07) is 10.5. The summed E-state index contributed by atoms with van der Waals surface area (Å²) in [6.07, 6.45) is 1.23. The van der Waals surface area contributed by atoms with Gasteiger partial charge in [0.05, 0.1) is 11.7 Å². The lowest BCUT2D eigenvalue weighted by Crippen LogP contribution is -2.26. The van der Waals surface area contributed by atoms with Crippen LogP contribution in [0.2, 0.25) is 0 Å². The summed E-state index contributed by atoms with van der Waals surface area (Å²) in [7, 11) is 0. The van der Waals surface area contributed by atoms with Gasteiger partial charge in [-0.2, -0.15) is 5.10 Å². The molecule has 0 saturated heterocycles. The Labute approximate surface area is 149 Å². The topological polar surface area (TPSA) is 94.5 Å². The third-order valence-corrected chi connectivity index (χ3v) is 3.90. The number of H-pyrrole nitrogens is 1. The average Bonchev–Trinajstić information content (AvgIpc) is 2.56. The Balaban J connectivity index is 1.90. The Morgan fingerprint density at radius 2 is 2.08 bits per heavy atom. The number of hydrogen-bond donors (Lipinski definition) is 3. The maximum Gasteiger partial charge on any atom is 0.280 e. The Morgan fingerprint density at radius 3 is 2.84 bits per heavy atom. The van der Waals surface area contributed by atoms with Crippen LogP contribution in [-0.4, -0.2) is 22.2 Å². The molecule has 1 aromatic heterocycles. The predicted octanol–water partition coefficient (Wildman–Crippen LogP) is 2.90. The van der Waals surface area contributed by atoms with Gasteiger partial charge in [-0.15, -0.1) is 0 Å². The van der Waals surface area contributed by atoms with Gasteiger partial charge < -0.3 is 10.1 Å². The second-order valence-electron chi connectivity index (χ2n) is 5.12. The molecule has 0 aliphatic rings. The maximum absolute atomic E-state index is 13.1. The van der Waals surface area contributed by atoms with Gasteiger partial charge in [0.2, 0.25) is 0 Å². The molecule has 6 nitrogen and oxygen atoms in total. The highest BCUT2D eigenvalue weighted by Crippen LogP contribution is 2.27. The molecule has 3 N–H and O–H groups in total. The number of rotatable bonds is 3. The molecule has 25 heavy (non-hydrogen) atoms. The van der Waals surface area contributed by atoms with Crippen LogP contribution in [0, 0.1) is 5.82 Å². The molecule has 126 valence electrons. The summed E-state index contributed by atoms with van der Waals surface area (Å²) in [5.74, 6) is -1.77. The maximum atomic E-state index is 13.1. The molecule has 0 bridgehead atoms. The van der Waals surface area contributed by atoms with Crippen molar-refractivity contribution in [1.82, 2.24) is 10.4 Å². The number of carbonyl (C=O) groups is 1. The molecule has 0 fully saturated rings. The highest BCUT2D eigenvalue weighted by atomic mass is 79.9. The van der Waals surface area contributed by atoms with Crippen molar-refractivity contribution < 1.29 is 14.3 Å². The van der Waals surface area contributed by atoms with Gasteiger partial charge >= 0.3 is 0 Å². The zero-order valence-corrected chi connectivity index (χ0v) is 14.2. The lowest BCUT2D eigenvalue weighted by atomic mass is 10.1. The van der Waals surface area contributed by atoms with Crippen molar-refractivity contribution in [2.75, 3.05) is 0 Å². The van der Waals surface area contributed by atoms with Gasteiger partial charge in [0.25, 0.3) is 11.5 Å². The number of halogens is 2. The first-order valence-corrected chi connectivity index (χ1v) is 7.88. The van der Waals surface area contributed by atoms with Crippen LogP contribution in [0.4, 0.5) is 4.39 Å². The molecule has 0 unspecified atom stereocenters. The lowest BCUT2D eigenvalue weighted by Gasteiger charge is -2.06. The Bertz CT molecular complexity index is 1060. The number of benzene rings is 2. The molecule has 0 saturated carbocycles. The minimum Gasteiger partial charge on any atom is -0.506 e. The van der Waals surface area contributed by atoms with Crippen molar-refractivity contribution in [2.45, 2.75) is 0 Å². The predicted molar refractivity (Wildman–Crippen MR) is 95.4 cm³/mol. The average molecular weight is 404 g/mol. The van der Waals surface area contributed by atoms with E-state index in [0.29, 0.717) is 20.9 Å². The molecule has 3 rings (SSSR count). The van der Waals surface area contributed by atoms with Gasteiger partial charge in [-0.05, 0) is 35.9 Å². The molecular weight excluding hydrogens is 393 g/mol. The van der Waals surface area contributed by atoms with Crippen LogP contribution in [0.1, 0.15) is 15.9 Å². The fourth-order valence-electron chi connectivity index (χ4n) is 2.27. The standard InChI is InChI=1S/C17H11BrFN3O3/c18-10-4-5-13-12(7-10)15(23)14(16(24)21-13)17(25)22-20-8-9-2-1-3-11(19)6-9/h1-8H,(H,22,25)(H2,21,23,24). The summed E-state index contributed by atoms with van der Waals surface area (Å²) in [4.78, 5) is 26.8. The highest BCUT2D eigenvalue weighted by Gasteiger charge is 2.19. The van der Waals surface area contributed by atoms with E-state index >= 15 is 0 Å². The van der Waals surface area contributed by atoms with E-state index in [2.05, 4.69) is 31.4 Å². The minimum absolute atomic E-state index is 0.313. The van der Waals surface area contributed by atoms with Gasteiger partial charge in [0.1, 0.15) is 17.1 Å². The molecule has 1 heterocycles. The molecule has 0 atom stereocenters. The largest absolute Gasteiger partial charge is 0.506 e. The smallest absolute Gasteiger partial charge is 0.280 e. The number of nitrogens with one attached hydrogen (secondary N) is 2. The SMILES string of the molecule is O=C(NN=Cc1cccc(F)c1)c1c(O)c2cc(Br)ccc2[nH]c1=O. The van der Waals surface area contributed by atoms with E-state index in [-0.39, 0.29) is 0 Å². The van der Waals surface area contributed by atoms with Gasteiger partial charge in [-0.3, -0.25) is 9.59 Å². The molecule has 0 aliphatic heterocycles. The summed E-state index contributed by atoms with van der Waals surface area (Å²) < 4.78 is 13.8. The first-order chi connectivity index (χ1) is 12.0. The number of amides is 1. The first-order valence-electron chi connectivity index (χ1n) is 7.09. The highest BCUT2D eigenvalue weighted by molar-refractivity contribution is 9.10. The molecule has 8 heteroatoms. The van der Waals surface area contributed by atoms with Crippen LogP contribution < -0.4 is 11.0 Å². The molecule has 1 amide bonds. The Hall–Kier alpha value is -3.00. The second-order valence-corrected chi connectivity index (χ2v) is 6.04. The Kier molecular flexibility index (Phi) is 4.62. The summed E-state index contributed by atoms with van der Waals surface area (Å²) >= 11 is 3.26. The third-order valence-electron chi connectivity index (χ3n) is 3.40. The van der Waals surface area contributed by atoms with E-state index in [1.165, 1.54) is 24.4 Å². The Morgan fingerprint density at radius 1 is 1.28 bits per heavy atom. The summed E-state index contributed by atoms with van der Waals surface area (Å²) in [5.41, 5.74) is 1.77. The van der Waals surface area contributed by atoms with Crippen molar-refractivity contribution in [3.63, 3.8) is 0 Å². The quantitative estimate of drug-likeness (QED) is 0.463. The van der Waals surface area contributed by atoms with Crippen LogP contribution in [0.25, 0.3) is 10.9 Å². The lowest BCUT2D eigenvalue weighted by molar-refractivity contribution is 0.0951. The zero-order chi connectivity index (χ0) is 18.0. The van der Waals surface area contributed by atoms with Crippen LogP contribution in [0.5, 0.6) is 5.75 Å². The fourth-order valence-corrected chi connectivity index (χ4v) is 2.63. The minimum atomic E-state index is -0.881. The molecule has 0 radical (unpaired) electrons. The van der Waals surface area contributed by atoms with Gasteiger partial charge in [-0.25, -0.2) is 9.82 Å². The number of aromatic amines is 1. The number of pyridine rings is 1. The zero-order valence-electron chi connectivity index (χ0n) is 12.6. The van der Waals surface area contributed by atoms with Gasteiger partial charge in [0, 0.05) is 9.86 Å². The monoisotopic (exact) mass is 403 g/mol. The summed E-state index contributed by atoms with van der Waals surface area (Å²) in [5, 5.41) is 14.3. The number of carbonyl (C=O) groups excluding carboxylic acids is 1. The van der Waals surface area contributed by atoms with Crippen molar-refractivity contribution in [2.24, 2.45) is 5.10 Å². The summed E-state index contributed by atoms with van der Waals surface area (Å²) in [6.45, 7) is 0. The van der Waals surface area contributed by atoms with Crippen molar-refractivity contribution in [3.05, 3.63) is 74.2 Å². The molecule has 0 aliphatic carbocycles. The third kappa shape index (κ3) is 3.58. The molecule has 2 aromatic carbocycles. The fraction of sp³-hybridized carbons (Fsp3) is 0. The van der Waals surface area contributed by atoms with E-state index < -0.39 is 28.6 Å². The number of aromatic nitrogens is 1. The van der Waals surface area contributed by atoms with Gasteiger partial charge in [0.15, 0.2) is 0 Å². The molecule has 0 spiro atoms. The van der Waals surface area contributed by atoms with E-state index in [4.69, 9.17) is 0 Å². The second kappa shape index (κ2) is 6.86. The van der Waals surface area contributed by atoms with Crippen LogP contribution in [0.3, 0.4) is 0 Å². The van der Waals surface area contributed by atoms with Crippen LogP contribution in [0.15, 0.2) is 56.8 Å². The first kappa shape index (κ1) is 16.8. The van der Waals surface area contributed by atoms with E-state index in [9.17, 15) is 19.1 Å². The number of aromatic hydroxyl groups is 1. The van der Waals surface area contributed by atoms with E-state index in [1.54, 1.807) is 24.3 Å². The number of hydrazone groups is 1. The van der Waals surface area contributed by atoms with Crippen LogP contribution >= 0.6 is 15.9 Å². The molecule has 3 aromatic rings. The van der Waals surface area contributed by atoms with Crippen LogP contribution in [-0.2, 0) is 0 Å². The number of fused-ring (bicyclic) bond motifs is 1. The van der Waals surface area contributed by atoms with Crippen molar-refractivity contribution >= 4 is 39.0 Å². The normalized spacial score (nSPS) is 11.1. The van der Waals surface area contributed by atoms with E-state index in [1.807, 2.05) is 0 Å². The van der Waals surface area contributed by atoms with Crippen molar-refractivity contribution in [1.29, 1.82) is 0 Å². The number of nitrogens with zero attached hydrogens (tertiary/aromatic N) is 1. The number of hydrogen-bond acceptors (Lipinski definition) is 4. The molecular formula is C17H11BrFN3O3.